The highest BCUT2D eigenvalue weighted by Crippen LogP contribution is 2.33. The Bertz CT molecular complexity index is 750. The van der Waals surface area contributed by atoms with Crippen LogP contribution in [0.3, 0.4) is 0 Å². The van der Waals surface area contributed by atoms with E-state index in [1.807, 2.05) is 24.3 Å². The number of ketones is 1. The van der Waals surface area contributed by atoms with Crippen molar-refractivity contribution in [2.45, 2.75) is 6.92 Å². The molecule has 3 rings (SSSR count). The summed E-state index contributed by atoms with van der Waals surface area (Å²) in [5.74, 6) is 0.0578. The first kappa shape index (κ1) is 11.9. The number of allylic oxidation sites excluding steroid dienone is 1. The van der Waals surface area contributed by atoms with E-state index in [1.54, 1.807) is 24.3 Å². The SMILES string of the molecule is CC(=O)/C=C/c1c(-c2cccs2)[nH]c2ccccc12. The van der Waals surface area contributed by atoms with Crippen molar-refractivity contribution >= 4 is 34.1 Å². The fraction of sp³-hybridized carbons (Fsp3) is 0.0625. The molecule has 0 aliphatic carbocycles. The molecular weight excluding hydrogens is 254 g/mol. The third-order valence-corrected chi connectivity index (χ3v) is 3.89. The highest BCUT2D eigenvalue weighted by Gasteiger charge is 2.11. The van der Waals surface area contributed by atoms with Gasteiger partial charge in [0.15, 0.2) is 5.78 Å². The zero-order valence-corrected chi connectivity index (χ0v) is 11.3. The number of rotatable bonds is 3. The maximum Gasteiger partial charge on any atom is 0.152 e. The maximum absolute atomic E-state index is 11.2. The molecule has 0 spiro atoms. The minimum Gasteiger partial charge on any atom is -0.353 e. The van der Waals surface area contributed by atoms with E-state index in [1.165, 1.54) is 4.88 Å². The number of carbonyl (C=O) groups excluding carboxylic acids is 1. The second-order valence-corrected chi connectivity index (χ2v) is 5.33. The number of carbonyl (C=O) groups is 1. The van der Waals surface area contributed by atoms with Crippen LogP contribution in [0.25, 0.3) is 27.6 Å². The largest absolute Gasteiger partial charge is 0.353 e. The molecule has 0 saturated heterocycles. The number of thiophene rings is 1. The van der Waals surface area contributed by atoms with Gasteiger partial charge in [-0.15, -0.1) is 11.3 Å². The molecule has 1 N–H and O–H groups in total. The first-order valence-electron chi connectivity index (χ1n) is 6.09. The molecule has 0 aliphatic rings. The Morgan fingerprint density at radius 1 is 1.21 bits per heavy atom. The fourth-order valence-electron chi connectivity index (χ4n) is 2.15. The second-order valence-electron chi connectivity index (χ2n) is 4.38. The van der Waals surface area contributed by atoms with Crippen LogP contribution in [0, 0.1) is 0 Å². The number of benzene rings is 1. The molecule has 0 unspecified atom stereocenters. The Balaban J connectivity index is 2.25. The lowest BCUT2D eigenvalue weighted by atomic mass is 10.1. The first-order chi connectivity index (χ1) is 9.25. The van der Waals surface area contributed by atoms with E-state index in [0.29, 0.717) is 0 Å². The lowest BCUT2D eigenvalue weighted by Gasteiger charge is -1.96. The van der Waals surface area contributed by atoms with Crippen LogP contribution < -0.4 is 0 Å². The van der Waals surface area contributed by atoms with Gasteiger partial charge in [-0.05, 0) is 36.6 Å². The number of nitrogens with one attached hydrogen (secondary N) is 1. The fourth-order valence-corrected chi connectivity index (χ4v) is 2.89. The number of aromatic amines is 1. The Morgan fingerprint density at radius 3 is 2.79 bits per heavy atom. The van der Waals surface area contributed by atoms with Crippen LogP contribution in [0.5, 0.6) is 0 Å². The van der Waals surface area contributed by atoms with Gasteiger partial charge in [0.1, 0.15) is 0 Å². The lowest BCUT2D eigenvalue weighted by molar-refractivity contribution is -0.112. The van der Waals surface area contributed by atoms with E-state index in [2.05, 4.69) is 28.6 Å². The second kappa shape index (κ2) is 4.86. The van der Waals surface area contributed by atoms with Crippen molar-refractivity contribution in [3.05, 3.63) is 53.4 Å². The third kappa shape index (κ3) is 2.25. The van der Waals surface area contributed by atoms with E-state index in [0.717, 1.165) is 22.2 Å². The van der Waals surface area contributed by atoms with Gasteiger partial charge in [-0.2, -0.15) is 0 Å². The van der Waals surface area contributed by atoms with Crippen molar-refractivity contribution < 1.29 is 4.79 Å². The standard InChI is InChI=1S/C16H13NOS/c1-11(18)8-9-13-12-5-2-3-6-14(12)17-16(13)15-7-4-10-19-15/h2-10,17H,1H3/b9-8+. The molecule has 2 heterocycles. The number of hydrogen-bond donors (Lipinski definition) is 1. The summed E-state index contributed by atoms with van der Waals surface area (Å²) in [6.45, 7) is 1.57. The monoisotopic (exact) mass is 267 g/mol. The minimum atomic E-state index is 0.0578. The zero-order valence-electron chi connectivity index (χ0n) is 10.5. The highest BCUT2D eigenvalue weighted by atomic mass is 32.1. The average molecular weight is 267 g/mol. The molecule has 1 aromatic carbocycles. The predicted molar refractivity (Wildman–Crippen MR) is 81.3 cm³/mol. The van der Waals surface area contributed by atoms with Crippen LogP contribution in [-0.2, 0) is 4.79 Å². The van der Waals surface area contributed by atoms with E-state index in [9.17, 15) is 4.79 Å². The molecule has 3 heteroatoms. The summed E-state index contributed by atoms with van der Waals surface area (Å²) in [6, 6.07) is 12.3. The molecule has 0 radical (unpaired) electrons. The molecular formula is C16H13NOS. The van der Waals surface area contributed by atoms with Crippen molar-refractivity contribution in [3.8, 4) is 10.6 Å². The van der Waals surface area contributed by atoms with Gasteiger partial charge in [0.05, 0.1) is 10.6 Å². The molecule has 0 saturated carbocycles. The molecule has 0 fully saturated rings. The van der Waals surface area contributed by atoms with Crippen molar-refractivity contribution in [1.29, 1.82) is 0 Å². The first-order valence-corrected chi connectivity index (χ1v) is 6.97. The summed E-state index contributed by atoms with van der Waals surface area (Å²) < 4.78 is 0. The number of hydrogen-bond acceptors (Lipinski definition) is 2. The van der Waals surface area contributed by atoms with Crippen LogP contribution in [0.4, 0.5) is 0 Å². The lowest BCUT2D eigenvalue weighted by Crippen LogP contribution is -1.81. The molecule has 2 aromatic heterocycles. The number of para-hydroxylation sites is 1. The summed E-state index contributed by atoms with van der Waals surface area (Å²) in [7, 11) is 0. The van der Waals surface area contributed by atoms with E-state index >= 15 is 0 Å². The summed E-state index contributed by atoms with van der Waals surface area (Å²) in [5, 5.41) is 3.20. The Kier molecular flexibility index (Phi) is 3.05. The van der Waals surface area contributed by atoms with Crippen molar-refractivity contribution in [1.82, 2.24) is 4.98 Å². The van der Waals surface area contributed by atoms with Gasteiger partial charge in [0.2, 0.25) is 0 Å². The smallest absolute Gasteiger partial charge is 0.152 e. The van der Waals surface area contributed by atoms with Gasteiger partial charge in [-0.1, -0.05) is 24.3 Å². The molecule has 0 aliphatic heterocycles. The number of fused-ring (bicyclic) bond motifs is 1. The van der Waals surface area contributed by atoms with Crippen molar-refractivity contribution in [2.75, 3.05) is 0 Å². The summed E-state index contributed by atoms with van der Waals surface area (Å²) in [4.78, 5) is 15.8. The third-order valence-electron chi connectivity index (χ3n) is 3.00. The van der Waals surface area contributed by atoms with E-state index < -0.39 is 0 Å². The molecule has 0 bridgehead atoms. The van der Waals surface area contributed by atoms with Gasteiger partial charge in [0.25, 0.3) is 0 Å². The van der Waals surface area contributed by atoms with Gasteiger partial charge in [-0.3, -0.25) is 4.79 Å². The summed E-state index contributed by atoms with van der Waals surface area (Å²) in [6.07, 6.45) is 3.52. The van der Waals surface area contributed by atoms with Crippen LogP contribution in [0.2, 0.25) is 0 Å². The van der Waals surface area contributed by atoms with Gasteiger partial charge >= 0.3 is 0 Å². The highest BCUT2D eigenvalue weighted by molar-refractivity contribution is 7.13. The maximum atomic E-state index is 11.2. The number of aromatic nitrogens is 1. The van der Waals surface area contributed by atoms with Crippen molar-refractivity contribution in [3.63, 3.8) is 0 Å². The molecule has 0 amide bonds. The normalized spacial score (nSPS) is 11.4. The van der Waals surface area contributed by atoms with Crippen molar-refractivity contribution in [2.24, 2.45) is 0 Å². The van der Waals surface area contributed by atoms with Gasteiger partial charge < -0.3 is 4.98 Å². The topological polar surface area (TPSA) is 32.9 Å². The van der Waals surface area contributed by atoms with Gasteiger partial charge in [0, 0.05) is 16.5 Å². The van der Waals surface area contributed by atoms with Crippen LogP contribution in [0.1, 0.15) is 12.5 Å². The molecule has 94 valence electrons. The Morgan fingerprint density at radius 2 is 2.05 bits per heavy atom. The van der Waals surface area contributed by atoms with E-state index in [-0.39, 0.29) is 5.78 Å². The Hall–Kier alpha value is -2.13. The van der Waals surface area contributed by atoms with E-state index in [4.69, 9.17) is 0 Å². The number of H-pyrrole nitrogens is 1. The van der Waals surface area contributed by atoms with Gasteiger partial charge in [-0.25, -0.2) is 0 Å². The summed E-state index contributed by atoms with van der Waals surface area (Å²) >= 11 is 1.69. The summed E-state index contributed by atoms with van der Waals surface area (Å²) in [5.41, 5.74) is 3.25. The average Bonchev–Trinajstić information content (AvgIpc) is 3.03. The quantitative estimate of drug-likeness (QED) is 0.696. The molecule has 3 aromatic rings. The van der Waals surface area contributed by atoms with Crippen LogP contribution in [0.15, 0.2) is 47.9 Å². The molecule has 0 atom stereocenters. The zero-order chi connectivity index (χ0) is 13.2. The van der Waals surface area contributed by atoms with Crippen LogP contribution in [-0.4, -0.2) is 10.8 Å². The molecule has 19 heavy (non-hydrogen) atoms. The molecule has 2 nitrogen and oxygen atoms in total. The minimum absolute atomic E-state index is 0.0578. The predicted octanol–water partition coefficient (Wildman–Crippen LogP) is 4.50. The Labute approximate surface area is 115 Å². The van der Waals surface area contributed by atoms with Crippen LogP contribution >= 0.6 is 11.3 Å².